The number of carbonyl (C=O) groups excluding carboxylic acids is 1. The summed E-state index contributed by atoms with van der Waals surface area (Å²) < 4.78 is 13.4. The lowest BCUT2D eigenvalue weighted by Crippen LogP contribution is -2.34. The van der Waals surface area contributed by atoms with E-state index in [0.29, 0.717) is 23.1 Å². The average Bonchev–Trinajstić information content (AvgIpc) is 3.20. The van der Waals surface area contributed by atoms with E-state index in [-0.39, 0.29) is 5.91 Å². The van der Waals surface area contributed by atoms with Crippen molar-refractivity contribution in [2.75, 3.05) is 18.8 Å². The van der Waals surface area contributed by atoms with Gasteiger partial charge in [-0.25, -0.2) is 4.39 Å². The Morgan fingerprint density at radius 3 is 2.21 bits per heavy atom. The second-order valence-electron chi connectivity index (χ2n) is 5.87. The molecular weight excluding hydrogens is 243 g/mol. The van der Waals surface area contributed by atoms with Crippen molar-refractivity contribution in [3.8, 4) is 0 Å². The fourth-order valence-corrected chi connectivity index (χ4v) is 2.38. The van der Waals surface area contributed by atoms with Crippen LogP contribution in [-0.4, -0.2) is 23.9 Å². The molecule has 2 N–H and O–H groups in total. The maximum absolute atomic E-state index is 13.4. The topological polar surface area (TPSA) is 46.3 Å². The molecule has 0 unspecified atom stereocenters. The Balaban J connectivity index is 1.76. The lowest BCUT2D eigenvalue weighted by Gasteiger charge is -2.23. The summed E-state index contributed by atoms with van der Waals surface area (Å²) in [6.45, 7) is 1.62. The fraction of sp³-hybridized carbons (Fsp3) is 0.533. The second-order valence-corrected chi connectivity index (χ2v) is 5.87. The molecule has 0 heterocycles. The maximum Gasteiger partial charge on any atom is 0.254 e. The standard InChI is InChI=1S/C15H19FN2O/c16-13-5-12(6-14(17)7-13)15(19)18(8-10-1-2-10)9-11-3-4-11/h5-7,10-11H,1-4,8-9,17H2. The van der Waals surface area contributed by atoms with Gasteiger partial charge in [-0.05, 0) is 55.7 Å². The van der Waals surface area contributed by atoms with Crippen LogP contribution in [0.2, 0.25) is 0 Å². The predicted octanol–water partition coefficient (Wildman–Crippen LogP) is 2.67. The van der Waals surface area contributed by atoms with Gasteiger partial charge in [-0.3, -0.25) is 4.79 Å². The van der Waals surface area contributed by atoms with E-state index in [1.807, 2.05) is 4.90 Å². The first-order valence-electron chi connectivity index (χ1n) is 6.97. The van der Waals surface area contributed by atoms with Crippen LogP contribution in [0.3, 0.4) is 0 Å². The van der Waals surface area contributed by atoms with Crippen LogP contribution in [0, 0.1) is 17.7 Å². The predicted molar refractivity (Wildman–Crippen MR) is 72.2 cm³/mol. The molecule has 2 aliphatic rings. The number of carbonyl (C=O) groups is 1. The number of benzene rings is 1. The Bertz CT molecular complexity index is 461. The van der Waals surface area contributed by atoms with E-state index in [4.69, 9.17) is 5.73 Å². The van der Waals surface area contributed by atoms with Crippen LogP contribution in [0.15, 0.2) is 18.2 Å². The Morgan fingerprint density at radius 1 is 1.16 bits per heavy atom. The average molecular weight is 262 g/mol. The summed E-state index contributed by atoms with van der Waals surface area (Å²) in [5, 5.41) is 0. The monoisotopic (exact) mass is 262 g/mol. The fourth-order valence-electron chi connectivity index (χ4n) is 2.38. The Kier molecular flexibility index (Phi) is 3.17. The molecule has 19 heavy (non-hydrogen) atoms. The highest BCUT2D eigenvalue weighted by atomic mass is 19.1. The van der Waals surface area contributed by atoms with Gasteiger partial charge in [0.05, 0.1) is 0 Å². The van der Waals surface area contributed by atoms with Crippen LogP contribution in [0.5, 0.6) is 0 Å². The summed E-state index contributed by atoms with van der Waals surface area (Å²) in [6, 6.07) is 4.09. The number of hydrogen-bond acceptors (Lipinski definition) is 2. The van der Waals surface area contributed by atoms with Crippen molar-refractivity contribution in [3.63, 3.8) is 0 Å². The molecule has 0 radical (unpaired) electrons. The van der Waals surface area contributed by atoms with E-state index >= 15 is 0 Å². The molecule has 0 spiro atoms. The van der Waals surface area contributed by atoms with Gasteiger partial charge >= 0.3 is 0 Å². The van der Waals surface area contributed by atoms with E-state index in [0.717, 1.165) is 13.1 Å². The minimum atomic E-state index is -0.443. The van der Waals surface area contributed by atoms with E-state index in [9.17, 15) is 9.18 Å². The van der Waals surface area contributed by atoms with Gasteiger partial charge in [0.2, 0.25) is 0 Å². The summed E-state index contributed by atoms with van der Waals surface area (Å²) in [6.07, 6.45) is 4.83. The van der Waals surface area contributed by atoms with Gasteiger partial charge in [-0.2, -0.15) is 0 Å². The van der Waals surface area contributed by atoms with Crippen LogP contribution < -0.4 is 5.73 Å². The van der Waals surface area contributed by atoms with Crippen molar-refractivity contribution < 1.29 is 9.18 Å². The molecule has 0 saturated heterocycles. The summed E-state index contributed by atoms with van der Waals surface area (Å²) in [4.78, 5) is 14.4. The number of anilines is 1. The summed E-state index contributed by atoms with van der Waals surface area (Å²) in [5.74, 6) is 0.772. The van der Waals surface area contributed by atoms with Gasteiger partial charge in [0, 0.05) is 24.3 Å². The molecule has 0 aliphatic heterocycles. The molecule has 1 aromatic carbocycles. The largest absolute Gasteiger partial charge is 0.399 e. The molecular formula is C15H19FN2O. The van der Waals surface area contributed by atoms with E-state index in [1.165, 1.54) is 37.8 Å². The van der Waals surface area contributed by atoms with Crippen molar-refractivity contribution in [1.82, 2.24) is 4.90 Å². The van der Waals surface area contributed by atoms with Crippen molar-refractivity contribution in [2.45, 2.75) is 25.7 Å². The molecule has 102 valence electrons. The Hall–Kier alpha value is -1.58. The third-order valence-electron chi connectivity index (χ3n) is 3.81. The first kappa shape index (κ1) is 12.5. The smallest absolute Gasteiger partial charge is 0.254 e. The zero-order valence-corrected chi connectivity index (χ0v) is 10.9. The number of amides is 1. The molecule has 0 atom stereocenters. The first-order valence-corrected chi connectivity index (χ1v) is 6.97. The van der Waals surface area contributed by atoms with Crippen molar-refractivity contribution in [2.24, 2.45) is 11.8 Å². The van der Waals surface area contributed by atoms with Crippen molar-refractivity contribution >= 4 is 11.6 Å². The van der Waals surface area contributed by atoms with Gasteiger partial charge in [0.1, 0.15) is 5.82 Å². The summed E-state index contributed by atoms with van der Waals surface area (Å²) in [5.41, 5.74) is 6.29. The third kappa shape index (κ3) is 3.25. The van der Waals surface area contributed by atoms with Crippen LogP contribution >= 0.6 is 0 Å². The summed E-state index contributed by atoms with van der Waals surface area (Å²) >= 11 is 0. The number of nitrogens with two attached hydrogens (primary N) is 1. The normalized spacial score (nSPS) is 18.4. The summed E-state index contributed by atoms with van der Waals surface area (Å²) in [7, 11) is 0. The zero-order valence-electron chi connectivity index (χ0n) is 10.9. The molecule has 2 fully saturated rings. The van der Waals surface area contributed by atoms with Crippen LogP contribution in [0.4, 0.5) is 10.1 Å². The molecule has 0 aromatic heterocycles. The number of halogens is 1. The molecule has 3 nitrogen and oxygen atoms in total. The maximum atomic E-state index is 13.4. The quantitative estimate of drug-likeness (QED) is 0.829. The minimum Gasteiger partial charge on any atom is -0.399 e. The van der Waals surface area contributed by atoms with Crippen LogP contribution in [0.25, 0.3) is 0 Å². The molecule has 3 rings (SSSR count). The van der Waals surface area contributed by atoms with Gasteiger partial charge in [0.25, 0.3) is 5.91 Å². The lowest BCUT2D eigenvalue weighted by atomic mass is 10.1. The number of rotatable bonds is 5. The second kappa shape index (κ2) is 4.83. The number of nitrogens with zero attached hydrogens (tertiary/aromatic N) is 1. The SMILES string of the molecule is Nc1cc(F)cc(C(=O)N(CC2CC2)CC2CC2)c1. The molecule has 2 aliphatic carbocycles. The van der Waals surface area contributed by atoms with E-state index < -0.39 is 5.82 Å². The highest BCUT2D eigenvalue weighted by molar-refractivity contribution is 5.95. The van der Waals surface area contributed by atoms with E-state index in [2.05, 4.69) is 0 Å². The molecule has 1 amide bonds. The first-order chi connectivity index (χ1) is 9.11. The Labute approximate surface area is 112 Å². The van der Waals surface area contributed by atoms with Gasteiger partial charge in [-0.15, -0.1) is 0 Å². The molecule has 0 bridgehead atoms. The van der Waals surface area contributed by atoms with Crippen molar-refractivity contribution in [3.05, 3.63) is 29.6 Å². The lowest BCUT2D eigenvalue weighted by molar-refractivity contribution is 0.0739. The van der Waals surface area contributed by atoms with Gasteiger partial charge in [-0.1, -0.05) is 0 Å². The van der Waals surface area contributed by atoms with E-state index in [1.54, 1.807) is 6.07 Å². The van der Waals surface area contributed by atoms with Gasteiger partial charge in [0.15, 0.2) is 0 Å². The zero-order chi connectivity index (χ0) is 13.4. The molecule has 4 heteroatoms. The number of hydrogen-bond donors (Lipinski definition) is 1. The van der Waals surface area contributed by atoms with Crippen molar-refractivity contribution in [1.29, 1.82) is 0 Å². The third-order valence-corrected chi connectivity index (χ3v) is 3.81. The Morgan fingerprint density at radius 2 is 1.74 bits per heavy atom. The van der Waals surface area contributed by atoms with Crippen LogP contribution in [-0.2, 0) is 0 Å². The molecule has 1 aromatic rings. The van der Waals surface area contributed by atoms with Gasteiger partial charge < -0.3 is 10.6 Å². The highest BCUT2D eigenvalue weighted by Gasteiger charge is 2.32. The minimum absolute atomic E-state index is 0.0787. The number of nitrogen functional groups attached to an aromatic ring is 1. The molecule has 2 saturated carbocycles. The highest BCUT2D eigenvalue weighted by Crippen LogP contribution is 2.34. The van der Waals surface area contributed by atoms with Crippen LogP contribution in [0.1, 0.15) is 36.0 Å².